The van der Waals surface area contributed by atoms with Crippen molar-refractivity contribution in [1.29, 1.82) is 0 Å². The predicted octanol–water partition coefficient (Wildman–Crippen LogP) is 5.15. The summed E-state index contributed by atoms with van der Waals surface area (Å²) in [6, 6.07) is 15.5. The SMILES string of the molecule is C=Cc1ccc(OC(C(C)=O)c2ccc(SCC)cc2)cc1. The van der Waals surface area contributed by atoms with Crippen LogP contribution in [0.4, 0.5) is 0 Å². The fourth-order valence-electron chi connectivity index (χ4n) is 2.11. The quantitative estimate of drug-likeness (QED) is 0.661. The number of rotatable bonds is 7. The van der Waals surface area contributed by atoms with Crippen LogP contribution in [0.2, 0.25) is 0 Å². The van der Waals surface area contributed by atoms with Crippen molar-refractivity contribution in [2.24, 2.45) is 0 Å². The summed E-state index contributed by atoms with van der Waals surface area (Å²) in [6.45, 7) is 7.39. The molecule has 0 aromatic heterocycles. The monoisotopic (exact) mass is 312 g/mol. The van der Waals surface area contributed by atoms with Gasteiger partial charge >= 0.3 is 0 Å². The summed E-state index contributed by atoms with van der Waals surface area (Å²) in [6.07, 6.45) is 1.20. The zero-order valence-electron chi connectivity index (χ0n) is 12.9. The second-order valence-electron chi connectivity index (χ2n) is 4.88. The van der Waals surface area contributed by atoms with Crippen LogP contribution in [0.25, 0.3) is 6.08 Å². The summed E-state index contributed by atoms with van der Waals surface area (Å²) in [5.41, 5.74) is 1.90. The lowest BCUT2D eigenvalue weighted by atomic mass is 10.1. The third kappa shape index (κ3) is 4.25. The van der Waals surface area contributed by atoms with Crippen molar-refractivity contribution >= 4 is 23.6 Å². The highest BCUT2D eigenvalue weighted by molar-refractivity contribution is 7.99. The minimum Gasteiger partial charge on any atom is -0.478 e. The minimum atomic E-state index is -0.574. The Morgan fingerprint density at radius 1 is 1.18 bits per heavy atom. The standard InChI is InChI=1S/C19H20O2S/c1-4-15-6-10-17(11-7-15)21-19(14(3)20)16-8-12-18(13-9-16)22-5-2/h4,6-13,19H,1,5H2,2-3H3. The molecule has 0 amide bonds. The van der Waals surface area contributed by atoms with E-state index in [1.54, 1.807) is 24.8 Å². The summed E-state index contributed by atoms with van der Waals surface area (Å²) in [5.74, 6) is 1.70. The number of carbonyl (C=O) groups excluding carboxylic acids is 1. The van der Waals surface area contributed by atoms with Gasteiger partial charge in [0.2, 0.25) is 0 Å². The zero-order valence-corrected chi connectivity index (χ0v) is 13.7. The van der Waals surface area contributed by atoms with Crippen LogP contribution in [0.15, 0.2) is 60.0 Å². The Kier molecular flexibility index (Phi) is 5.84. The van der Waals surface area contributed by atoms with Crippen molar-refractivity contribution in [3.63, 3.8) is 0 Å². The van der Waals surface area contributed by atoms with Crippen LogP contribution >= 0.6 is 11.8 Å². The van der Waals surface area contributed by atoms with Gasteiger partial charge in [0.25, 0.3) is 0 Å². The number of benzene rings is 2. The molecule has 0 saturated heterocycles. The largest absolute Gasteiger partial charge is 0.478 e. The molecule has 1 atom stereocenters. The molecule has 1 unspecified atom stereocenters. The van der Waals surface area contributed by atoms with E-state index in [0.717, 1.165) is 16.9 Å². The van der Waals surface area contributed by atoms with Gasteiger partial charge in [-0.05, 0) is 48.1 Å². The molecule has 0 spiro atoms. The van der Waals surface area contributed by atoms with Crippen LogP contribution in [-0.2, 0) is 4.79 Å². The van der Waals surface area contributed by atoms with E-state index in [9.17, 15) is 4.79 Å². The molecule has 2 rings (SSSR count). The lowest BCUT2D eigenvalue weighted by Gasteiger charge is -2.17. The molecular formula is C19H20O2S. The average Bonchev–Trinajstić information content (AvgIpc) is 2.54. The van der Waals surface area contributed by atoms with Gasteiger partial charge in [0.05, 0.1) is 0 Å². The lowest BCUT2D eigenvalue weighted by molar-refractivity contribution is -0.123. The first-order chi connectivity index (χ1) is 10.6. The fourth-order valence-corrected chi connectivity index (χ4v) is 2.77. The summed E-state index contributed by atoms with van der Waals surface area (Å²) in [4.78, 5) is 13.1. The molecule has 0 aliphatic rings. The number of ketones is 1. The zero-order chi connectivity index (χ0) is 15.9. The van der Waals surface area contributed by atoms with Gasteiger partial charge in [0.1, 0.15) is 5.75 Å². The van der Waals surface area contributed by atoms with E-state index in [4.69, 9.17) is 4.74 Å². The van der Waals surface area contributed by atoms with Crippen molar-refractivity contribution < 1.29 is 9.53 Å². The van der Waals surface area contributed by atoms with Crippen LogP contribution in [-0.4, -0.2) is 11.5 Å². The Bertz CT molecular complexity index is 629. The number of hydrogen-bond donors (Lipinski definition) is 0. The number of ether oxygens (including phenoxy) is 1. The fraction of sp³-hybridized carbons (Fsp3) is 0.211. The summed E-state index contributed by atoms with van der Waals surface area (Å²) >= 11 is 1.78. The number of Topliss-reactive ketones (excluding diaryl/α,β-unsaturated/α-hetero) is 1. The van der Waals surface area contributed by atoms with Gasteiger partial charge < -0.3 is 4.74 Å². The number of carbonyl (C=O) groups is 1. The summed E-state index contributed by atoms with van der Waals surface area (Å²) < 4.78 is 5.87. The minimum absolute atomic E-state index is 0.0105. The van der Waals surface area contributed by atoms with Gasteiger partial charge in [-0.1, -0.05) is 43.8 Å². The first kappa shape index (κ1) is 16.4. The molecule has 0 aliphatic carbocycles. The maximum absolute atomic E-state index is 11.9. The molecule has 0 fully saturated rings. The van der Waals surface area contributed by atoms with Crippen LogP contribution in [0.1, 0.15) is 31.1 Å². The van der Waals surface area contributed by atoms with Gasteiger partial charge in [0, 0.05) is 4.90 Å². The first-order valence-corrected chi connectivity index (χ1v) is 8.25. The Hall–Kier alpha value is -2.00. The maximum atomic E-state index is 11.9. The van der Waals surface area contributed by atoms with E-state index in [1.165, 1.54) is 4.90 Å². The molecule has 0 N–H and O–H groups in total. The molecule has 0 radical (unpaired) electrons. The van der Waals surface area contributed by atoms with Crippen LogP contribution in [0, 0.1) is 0 Å². The van der Waals surface area contributed by atoms with Gasteiger partial charge in [-0.3, -0.25) is 4.79 Å². The van der Waals surface area contributed by atoms with E-state index >= 15 is 0 Å². The van der Waals surface area contributed by atoms with E-state index in [0.29, 0.717) is 5.75 Å². The highest BCUT2D eigenvalue weighted by atomic mass is 32.2. The van der Waals surface area contributed by atoms with Gasteiger partial charge in [-0.15, -0.1) is 11.8 Å². The van der Waals surface area contributed by atoms with Crippen molar-refractivity contribution in [1.82, 2.24) is 0 Å². The Balaban J connectivity index is 2.18. The van der Waals surface area contributed by atoms with E-state index in [2.05, 4.69) is 13.5 Å². The topological polar surface area (TPSA) is 26.3 Å². The Morgan fingerprint density at radius 3 is 2.32 bits per heavy atom. The van der Waals surface area contributed by atoms with Crippen LogP contribution < -0.4 is 4.74 Å². The van der Waals surface area contributed by atoms with Crippen LogP contribution in [0.3, 0.4) is 0 Å². The number of hydrogen-bond acceptors (Lipinski definition) is 3. The van der Waals surface area contributed by atoms with Gasteiger partial charge in [0.15, 0.2) is 11.9 Å². The second-order valence-corrected chi connectivity index (χ2v) is 6.22. The molecule has 22 heavy (non-hydrogen) atoms. The molecule has 0 heterocycles. The average molecular weight is 312 g/mol. The molecule has 2 aromatic rings. The molecule has 2 aromatic carbocycles. The third-order valence-electron chi connectivity index (χ3n) is 3.23. The molecule has 2 nitrogen and oxygen atoms in total. The summed E-state index contributed by atoms with van der Waals surface area (Å²) in [5, 5.41) is 0. The molecule has 3 heteroatoms. The Labute approximate surface area is 136 Å². The van der Waals surface area contributed by atoms with Gasteiger partial charge in [-0.2, -0.15) is 0 Å². The first-order valence-electron chi connectivity index (χ1n) is 7.26. The van der Waals surface area contributed by atoms with Crippen molar-refractivity contribution in [2.45, 2.75) is 24.8 Å². The van der Waals surface area contributed by atoms with E-state index < -0.39 is 6.10 Å². The predicted molar refractivity (Wildman–Crippen MR) is 93.4 cm³/mol. The van der Waals surface area contributed by atoms with Crippen molar-refractivity contribution in [3.8, 4) is 5.75 Å². The molecule has 0 saturated carbocycles. The van der Waals surface area contributed by atoms with Crippen molar-refractivity contribution in [3.05, 3.63) is 66.2 Å². The lowest BCUT2D eigenvalue weighted by Crippen LogP contribution is -2.16. The van der Waals surface area contributed by atoms with E-state index in [-0.39, 0.29) is 5.78 Å². The van der Waals surface area contributed by atoms with Crippen molar-refractivity contribution in [2.75, 3.05) is 5.75 Å². The normalized spacial score (nSPS) is 11.7. The second kappa shape index (κ2) is 7.85. The summed E-state index contributed by atoms with van der Waals surface area (Å²) in [7, 11) is 0. The molecule has 114 valence electrons. The molecule has 0 aliphatic heterocycles. The highest BCUT2D eigenvalue weighted by Crippen LogP contribution is 2.26. The molecular weight excluding hydrogens is 292 g/mol. The smallest absolute Gasteiger partial charge is 0.181 e. The van der Waals surface area contributed by atoms with Crippen LogP contribution in [0.5, 0.6) is 5.75 Å². The van der Waals surface area contributed by atoms with E-state index in [1.807, 2.05) is 48.5 Å². The number of thioether (sulfide) groups is 1. The van der Waals surface area contributed by atoms with Gasteiger partial charge in [-0.25, -0.2) is 0 Å². The highest BCUT2D eigenvalue weighted by Gasteiger charge is 2.18. The maximum Gasteiger partial charge on any atom is 0.181 e. The Morgan fingerprint density at radius 2 is 1.82 bits per heavy atom. The third-order valence-corrected chi connectivity index (χ3v) is 4.13. The molecule has 0 bridgehead atoms.